The van der Waals surface area contributed by atoms with Gasteiger partial charge in [0.1, 0.15) is 11.7 Å². The summed E-state index contributed by atoms with van der Waals surface area (Å²) < 4.78 is 60.3. The number of benzene rings is 2. The average molecular weight is 451 g/mol. The number of likely N-dealkylation sites (tertiary alicyclic amines) is 1. The highest BCUT2D eigenvalue weighted by Crippen LogP contribution is 2.20. The van der Waals surface area contributed by atoms with Crippen molar-refractivity contribution in [3.63, 3.8) is 0 Å². The molecule has 1 fully saturated rings. The maximum absolute atomic E-state index is 13.5. The molecule has 31 heavy (non-hydrogen) atoms. The van der Waals surface area contributed by atoms with Crippen LogP contribution < -0.4 is 10.1 Å². The number of anilines is 1. The van der Waals surface area contributed by atoms with Crippen molar-refractivity contribution in [2.24, 2.45) is 4.40 Å². The molecular formula is C21H23F2N3O4S. The van der Waals surface area contributed by atoms with Gasteiger partial charge in [-0.15, -0.1) is 4.40 Å². The van der Waals surface area contributed by atoms with E-state index in [1.165, 1.54) is 30.3 Å². The molecule has 1 heterocycles. The first-order chi connectivity index (χ1) is 14.7. The smallest absolute Gasteiger partial charge is 0.283 e. The maximum atomic E-state index is 13.5. The number of halogens is 2. The fourth-order valence-corrected chi connectivity index (χ4v) is 4.14. The van der Waals surface area contributed by atoms with Gasteiger partial charge >= 0.3 is 0 Å². The molecule has 2 aromatic rings. The normalized spacial score (nSPS) is 15.3. The lowest BCUT2D eigenvalue weighted by molar-refractivity contribution is -0.116. The van der Waals surface area contributed by atoms with Gasteiger partial charge in [-0.05, 0) is 49.2 Å². The van der Waals surface area contributed by atoms with Crippen LogP contribution in [-0.2, 0) is 14.8 Å². The molecule has 0 aliphatic carbocycles. The van der Waals surface area contributed by atoms with Gasteiger partial charge in [-0.1, -0.05) is 0 Å². The van der Waals surface area contributed by atoms with Gasteiger partial charge in [0.15, 0.2) is 11.6 Å². The molecule has 1 N–H and O–H groups in total. The summed E-state index contributed by atoms with van der Waals surface area (Å²) in [6, 6.07) is 8.78. The summed E-state index contributed by atoms with van der Waals surface area (Å²) in [6.07, 6.45) is 1.93. The number of ether oxygens (including phenoxy) is 1. The topological polar surface area (TPSA) is 88.1 Å². The summed E-state index contributed by atoms with van der Waals surface area (Å²) in [4.78, 5) is 13.9. The summed E-state index contributed by atoms with van der Waals surface area (Å²) in [5.41, 5.74) is 0.445. The summed E-state index contributed by atoms with van der Waals surface area (Å²) in [5, 5.41) is 2.66. The molecule has 1 saturated heterocycles. The van der Waals surface area contributed by atoms with Crippen LogP contribution in [0, 0.1) is 11.6 Å². The third kappa shape index (κ3) is 6.24. The van der Waals surface area contributed by atoms with Crippen LogP contribution in [0.5, 0.6) is 5.75 Å². The van der Waals surface area contributed by atoms with E-state index < -0.39 is 21.7 Å². The fraction of sp³-hybridized carbons (Fsp3) is 0.333. The number of nitrogens with zero attached hydrogens (tertiary/aromatic N) is 2. The summed E-state index contributed by atoms with van der Waals surface area (Å²) in [6.45, 7) is 0.866. The third-order valence-electron chi connectivity index (χ3n) is 4.70. The molecule has 2 aromatic carbocycles. The standard InChI is InChI=1S/C21H23F2N3O4S/c1-26-12-2-4-20(26)25-31(28,29)17-9-7-16(8-10-17)24-21(27)5-3-13-30-19-11-6-15(22)14-18(19)23/h6-11,14H,2-5,12-13H2,1H3,(H,24,27)/b25-20+. The Hall–Kier alpha value is -3.01. The minimum atomic E-state index is -3.81. The summed E-state index contributed by atoms with van der Waals surface area (Å²) >= 11 is 0. The summed E-state index contributed by atoms with van der Waals surface area (Å²) in [5.74, 6) is -1.33. The first-order valence-corrected chi connectivity index (χ1v) is 11.2. The van der Waals surface area contributed by atoms with Crippen molar-refractivity contribution in [3.05, 3.63) is 54.1 Å². The molecule has 3 rings (SSSR count). The minimum absolute atomic E-state index is 0.0491. The highest BCUT2D eigenvalue weighted by Gasteiger charge is 2.20. The number of hydrogen-bond donors (Lipinski definition) is 1. The van der Waals surface area contributed by atoms with E-state index in [9.17, 15) is 22.0 Å². The monoisotopic (exact) mass is 451 g/mol. The Morgan fingerprint density at radius 2 is 1.94 bits per heavy atom. The molecule has 0 bridgehead atoms. The van der Waals surface area contributed by atoms with Crippen molar-refractivity contribution < 1.29 is 26.7 Å². The van der Waals surface area contributed by atoms with Crippen LogP contribution in [0.15, 0.2) is 51.8 Å². The van der Waals surface area contributed by atoms with Crippen LogP contribution in [0.4, 0.5) is 14.5 Å². The zero-order valence-electron chi connectivity index (χ0n) is 17.0. The van der Waals surface area contributed by atoms with Gasteiger partial charge in [0.2, 0.25) is 5.91 Å². The van der Waals surface area contributed by atoms with E-state index in [1.807, 2.05) is 4.90 Å². The number of carbonyl (C=O) groups excluding carboxylic acids is 1. The number of nitrogens with one attached hydrogen (secondary N) is 1. The Bertz CT molecular complexity index is 1070. The Labute approximate surface area is 179 Å². The Kier molecular flexibility index (Phi) is 7.21. The quantitative estimate of drug-likeness (QED) is 0.620. The number of hydrogen-bond acceptors (Lipinski definition) is 4. The molecule has 166 valence electrons. The van der Waals surface area contributed by atoms with E-state index in [0.717, 1.165) is 25.1 Å². The number of amides is 1. The minimum Gasteiger partial charge on any atom is -0.491 e. The molecule has 0 unspecified atom stereocenters. The molecule has 0 saturated carbocycles. The Morgan fingerprint density at radius 1 is 1.19 bits per heavy atom. The highest BCUT2D eigenvalue weighted by atomic mass is 32.2. The lowest BCUT2D eigenvalue weighted by Crippen LogP contribution is -2.20. The predicted molar refractivity (Wildman–Crippen MR) is 113 cm³/mol. The number of amidine groups is 1. The van der Waals surface area contributed by atoms with E-state index in [4.69, 9.17) is 4.74 Å². The number of carbonyl (C=O) groups is 1. The van der Waals surface area contributed by atoms with Crippen LogP contribution in [-0.4, -0.2) is 45.3 Å². The van der Waals surface area contributed by atoms with Gasteiger partial charge < -0.3 is 15.0 Å². The van der Waals surface area contributed by atoms with Crippen LogP contribution >= 0.6 is 0 Å². The first kappa shape index (κ1) is 22.7. The molecule has 10 heteroatoms. The van der Waals surface area contributed by atoms with E-state index in [1.54, 1.807) is 7.05 Å². The molecule has 0 atom stereocenters. The largest absolute Gasteiger partial charge is 0.491 e. The van der Waals surface area contributed by atoms with Crippen molar-refractivity contribution in [2.45, 2.75) is 30.6 Å². The van der Waals surface area contributed by atoms with Crippen LogP contribution in [0.25, 0.3) is 0 Å². The van der Waals surface area contributed by atoms with Gasteiger partial charge in [-0.25, -0.2) is 8.78 Å². The second-order valence-corrected chi connectivity index (χ2v) is 8.71. The highest BCUT2D eigenvalue weighted by molar-refractivity contribution is 7.90. The molecule has 0 spiro atoms. The van der Waals surface area contributed by atoms with E-state index in [0.29, 0.717) is 24.4 Å². The van der Waals surface area contributed by atoms with Gasteiger partial charge in [0.05, 0.1) is 11.5 Å². The van der Waals surface area contributed by atoms with E-state index >= 15 is 0 Å². The predicted octanol–water partition coefficient (Wildman–Crippen LogP) is 3.58. The molecule has 1 amide bonds. The maximum Gasteiger partial charge on any atom is 0.283 e. The van der Waals surface area contributed by atoms with Crippen LogP contribution in [0.1, 0.15) is 25.7 Å². The summed E-state index contributed by atoms with van der Waals surface area (Å²) in [7, 11) is -2.00. The molecule has 0 aromatic heterocycles. The second-order valence-electron chi connectivity index (χ2n) is 7.11. The van der Waals surface area contributed by atoms with Gasteiger partial charge in [-0.2, -0.15) is 8.42 Å². The first-order valence-electron chi connectivity index (χ1n) is 9.77. The third-order valence-corrected chi connectivity index (χ3v) is 6.01. The number of rotatable bonds is 8. The lowest BCUT2D eigenvalue weighted by atomic mass is 10.2. The zero-order valence-corrected chi connectivity index (χ0v) is 17.8. The van der Waals surface area contributed by atoms with Crippen molar-refractivity contribution in [3.8, 4) is 5.75 Å². The van der Waals surface area contributed by atoms with Crippen molar-refractivity contribution >= 4 is 27.5 Å². The van der Waals surface area contributed by atoms with Crippen molar-refractivity contribution in [1.29, 1.82) is 0 Å². The second kappa shape index (κ2) is 9.86. The van der Waals surface area contributed by atoms with Crippen LogP contribution in [0.3, 0.4) is 0 Å². The Balaban J connectivity index is 1.48. The molecule has 1 aliphatic rings. The number of sulfonamides is 1. The van der Waals surface area contributed by atoms with E-state index in [-0.39, 0.29) is 29.6 Å². The van der Waals surface area contributed by atoms with Crippen molar-refractivity contribution in [2.75, 3.05) is 25.5 Å². The van der Waals surface area contributed by atoms with Gasteiger partial charge in [-0.3, -0.25) is 4.79 Å². The van der Waals surface area contributed by atoms with Gasteiger partial charge in [0.25, 0.3) is 10.0 Å². The fourth-order valence-electron chi connectivity index (χ4n) is 3.04. The van der Waals surface area contributed by atoms with Gasteiger partial charge in [0, 0.05) is 38.2 Å². The van der Waals surface area contributed by atoms with E-state index in [2.05, 4.69) is 9.71 Å². The lowest BCUT2D eigenvalue weighted by Gasteiger charge is -2.11. The molecular weight excluding hydrogens is 428 g/mol. The zero-order chi connectivity index (χ0) is 22.4. The van der Waals surface area contributed by atoms with Crippen molar-refractivity contribution in [1.82, 2.24) is 4.90 Å². The average Bonchev–Trinajstić information content (AvgIpc) is 3.11. The molecule has 7 nitrogen and oxygen atoms in total. The molecule has 1 aliphatic heterocycles. The Morgan fingerprint density at radius 3 is 2.58 bits per heavy atom. The van der Waals surface area contributed by atoms with Crippen LogP contribution in [0.2, 0.25) is 0 Å². The molecule has 0 radical (unpaired) electrons. The SMILES string of the molecule is CN1CCC/C1=N\S(=O)(=O)c1ccc(NC(=O)CCCOc2ccc(F)cc2F)cc1.